The van der Waals surface area contributed by atoms with Gasteiger partial charge in [0, 0.05) is 11.1 Å². The summed E-state index contributed by atoms with van der Waals surface area (Å²) in [6.07, 6.45) is -0.542. The first-order valence-corrected chi connectivity index (χ1v) is 7.89. The van der Waals surface area contributed by atoms with Crippen LogP contribution in [0.5, 0.6) is 11.5 Å². The third-order valence-electron chi connectivity index (χ3n) is 4.15. The second kappa shape index (κ2) is 6.42. The second-order valence-electron chi connectivity index (χ2n) is 6.19. The van der Waals surface area contributed by atoms with E-state index in [0.717, 1.165) is 22.6 Å². The van der Waals surface area contributed by atoms with Crippen LogP contribution in [0.15, 0.2) is 48.5 Å². The summed E-state index contributed by atoms with van der Waals surface area (Å²) in [5.41, 5.74) is 1.86. The fraction of sp³-hybridized carbons (Fsp3) is 0.316. The van der Waals surface area contributed by atoms with Crippen molar-refractivity contribution in [1.29, 1.82) is 0 Å². The largest absolute Gasteiger partial charge is 0.457 e. The number of fused-ring (bicyclic) bond motifs is 2. The van der Waals surface area contributed by atoms with Crippen LogP contribution in [0, 0.1) is 5.92 Å². The molecule has 120 valence electrons. The maximum atomic E-state index is 12.3. The molecule has 2 N–H and O–H groups in total. The summed E-state index contributed by atoms with van der Waals surface area (Å²) in [5, 5.41) is 13.0. The van der Waals surface area contributed by atoms with Gasteiger partial charge in [0.25, 0.3) is 0 Å². The van der Waals surface area contributed by atoms with E-state index in [0.29, 0.717) is 0 Å². The van der Waals surface area contributed by atoms with Crippen LogP contribution >= 0.6 is 0 Å². The van der Waals surface area contributed by atoms with Crippen molar-refractivity contribution >= 4 is 5.91 Å². The average Bonchev–Trinajstić information content (AvgIpc) is 2.54. The molecule has 0 aliphatic carbocycles. The second-order valence-corrected chi connectivity index (χ2v) is 6.19. The first-order valence-electron chi connectivity index (χ1n) is 7.89. The predicted octanol–water partition coefficient (Wildman–Crippen LogP) is 3.40. The lowest BCUT2D eigenvalue weighted by Gasteiger charge is -2.29. The fourth-order valence-corrected chi connectivity index (χ4v) is 2.71. The van der Waals surface area contributed by atoms with Crippen molar-refractivity contribution in [1.82, 2.24) is 5.32 Å². The van der Waals surface area contributed by atoms with Gasteiger partial charge in [-0.1, -0.05) is 50.2 Å². The Morgan fingerprint density at radius 1 is 1.09 bits per heavy atom. The Balaban J connectivity index is 1.88. The molecule has 0 aromatic heterocycles. The molecule has 0 radical (unpaired) electrons. The molecule has 2 aromatic rings. The van der Waals surface area contributed by atoms with E-state index in [1.165, 1.54) is 0 Å². The number of carbonyl (C=O) groups excluding carboxylic acids is 1. The lowest BCUT2D eigenvalue weighted by Crippen LogP contribution is -2.34. The zero-order valence-corrected chi connectivity index (χ0v) is 13.3. The molecule has 2 aromatic carbocycles. The maximum Gasteiger partial charge on any atom is 0.223 e. The Labute approximate surface area is 136 Å². The SMILES string of the molecule is CC(C)C(O)CC(=O)NC1c2ccccc2Oc2ccccc21. The minimum Gasteiger partial charge on any atom is -0.457 e. The zero-order valence-electron chi connectivity index (χ0n) is 13.3. The third kappa shape index (κ3) is 3.22. The molecule has 23 heavy (non-hydrogen) atoms. The molecular formula is C19H21NO3. The minimum absolute atomic E-state index is 0.0509. The van der Waals surface area contributed by atoms with Gasteiger partial charge in [-0.2, -0.15) is 0 Å². The summed E-state index contributed by atoms with van der Waals surface area (Å²) in [7, 11) is 0. The first-order chi connectivity index (χ1) is 11.1. The topological polar surface area (TPSA) is 58.6 Å². The van der Waals surface area contributed by atoms with E-state index < -0.39 is 6.10 Å². The number of ether oxygens (including phenoxy) is 1. The molecule has 3 rings (SSSR count). The normalized spacial score (nSPS) is 14.6. The fourth-order valence-electron chi connectivity index (χ4n) is 2.71. The standard InChI is InChI=1S/C19H21NO3/c1-12(2)15(21)11-18(22)20-19-13-7-3-5-9-16(13)23-17-10-6-4-8-14(17)19/h3-10,12,15,19,21H,11H2,1-2H3,(H,20,22). The number of hydrogen-bond donors (Lipinski definition) is 2. The molecule has 4 heteroatoms. The van der Waals surface area contributed by atoms with Gasteiger partial charge in [-0.3, -0.25) is 4.79 Å². The Kier molecular flexibility index (Phi) is 4.35. The van der Waals surface area contributed by atoms with Crippen LogP contribution in [0.2, 0.25) is 0 Å². The van der Waals surface area contributed by atoms with Gasteiger partial charge in [-0.25, -0.2) is 0 Å². The first kappa shape index (κ1) is 15.6. The van der Waals surface area contributed by atoms with Crippen molar-refractivity contribution in [3.8, 4) is 11.5 Å². The Morgan fingerprint density at radius 2 is 1.61 bits per heavy atom. The number of benzene rings is 2. The summed E-state index contributed by atoms with van der Waals surface area (Å²) in [6, 6.07) is 15.1. The number of aliphatic hydroxyl groups excluding tert-OH is 1. The lowest BCUT2D eigenvalue weighted by atomic mass is 9.94. The van der Waals surface area contributed by atoms with Crippen molar-refractivity contribution in [3.05, 3.63) is 59.7 Å². The van der Waals surface area contributed by atoms with E-state index in [1.807, 2.05) is 62.4 Å². The maximum absolute atomic E-state index is 12.3. The van der Waals surface area contributed by atoms with Crippen LogP contribution in [-0.4, -0.2) is 17.1 Å². The van der Waals surface area contributed by atoms with Gasteiger partial charge in [0.1, 0.15) is 11.5 Å². The highest BCUT2D eigenvalue weighted by Gasteiger charge is 2.28. The number of para-hydroxylation sites is 2. The van der Waals surface area contributed by atoms with Gasteiger partial charge in [-0.05, 0) is 18.1 Å². The number of rotatable bonds is 4. The molecule has 1 aliphatic rings. The number of carbonyl (C=O) groups is 1. The highest BCUT2D eigenvalue weighted by Crippen LogP contribution is 2.42. The van der Waals surface area contributed by atoms with Gasteiger partial charge in [0.15, 0.2) is 0 Å². The highest BCUT2D eigenvalue weighted by molar-refractivity contribution is 5.78. The molecule has 1 atom stereocenters. The number of amides is 1. The molecule has 0 saturated heterocycles. The van der Waals surface area contributed by atoms with E-state index >= 15 is 0 Å². The molecule has 0 bridgehead atoms. The summed E-state index contributed by atoms with van der Waals surface area (Å²) in [6.45, 7) is 3.80. The molecule has 0 saturated carbocycles. The van der Waals surface area contributed by atoms with Crippen LogP contribution in [0.4, 0.5) is 0 Å². The van der Waals surface area contributed by atoms with E-state index in [2.05, 4.69) is 5.32 Å². The molecule has 1 aliphatic heterocycles. The summed E-state index contributed by atoms with van der Waals surface area (Å²) in [5.74, 6) is 1.39. The van der Waals surface area contributed by atoms with Crippen molar-refractivity contribution in [2.45, 2.75) is 32.4 Å². The number of hydrogen-bond acceptors (Lipinski definition) is 3. The zero-order chi connectivity index (χ0) is 16.4. The third-order valence-corrected chi connectivity index (χ3v) is 4.15. The van der Waals surface area contributed by atoms with Gasteiger partial charge in [0.2, 0.25) is 5.91 Å². The lowest BCUT2D eigenvalue weighted by molar-refractivity contribution is -0.124. The number of aliphatic hydroxyl groups is 1. The predicted molar refractivity (Wildman–Crippen MR) is 88.4 cm³/mol. The van der Waals surface area contributed by atoms with E-state index in [1.54, 1.807) is 0 Å². The van der Waals surface area contributed by atoms with Crippen molar-refractivity contribution < 1.29 is 14.6 Å². The van der Waals surface area contributed by atoms with Gasteiger partial charge < -0.3 is 15.2 Å². The van der Waals surface area contributed by atoms with Crippen molar-refractivity contribution in [2.24, 2.45) is 5.92 Å². The van der Waals surface area contributed by atoms with Crippen LogP contribution in [0.1, 0.15) is 37.4 Å². The highest BCUT2D eigenvalue weighted by atomic mass is 16.5. The van der Waals surface area contributed by atoms with Crippen molar-refractivity contribution in [2.75, 3.05) is 0 Å². The van der Waals surface area contributed by atoms with Crippen LogP contribution in [-0.2, 0) is 4.79 Å². The van der Waals surface area contributed by atoms with Crippen molar-refractivity contribution in [3.63, 3.8) is 0 Å². The molecule has 1 unspecified atom stereocenters. The Morgan fingerprint density at radius 3 is 2.13 bits per heavy atom. The van der Waals surface area contributed by atoms with Crippen LogP contribution in [0.3, 0.4) is 0 Å². The molecular weight excluding hydrogens is 290 g/mol. The average molecular weight is 311 g/mol. The molecule has 4 nitrogen and oxygen atoms in total. The van der Waals surface area contributed by atoms with E-state index in [4.69, 9.17) is 4.74 Å². The van der Waals surface area contributed by atoms with Gasteiger partial charge in [0.05, 0.1) is 18.6 Å². The Bertz CT molecular complexity index is 666. The molecule has 1 heterocycles. The van der Waals surface area contributed by atoms with E-state index in [-0.39, 0.29) is 24.3 Å². The Hall–Kier alpha value is -2.33. The molecule has 1 amide bonds. The van der Waals surface area contributed by atoms with E-state index in [9.17, 15) is 9.90 Å². The van der Waals surface area contributed by atoms with Gasteiger partial charge in [-0.15, -0.1) is 0 Å². The monoisotopic (exact) mass is 311 g/mol. The number of nitrogens with one attached hydrogen (secondary N) is 1. The quantitative estimate of drug-likeness (QED) is 0.910. The molecule has 0 fully saturated rings. The molecule has 0 spiro atoms. The minimum atomic E-state index is -0.639. The van der Waals surface area contributed by atoms with Gasteiger partial charge >= 0.3 is 0 Å². The summed E-state index contributed by atoms with van der Waals surface area (Å²) in [4.78, 5) is 12.3. The summed E-state index contributed by atoms with van der Waals surface area (Å²) >= 11 is 0. The smallest absolute Gasteiger partial charge is 0.223 e. The van der Waals surface area contributed by atoms with Crippen LogP contribution in [0.25, 0.3) is 0 Å². The van der Waals surface area contributed by atoms with Crippen LogP contribution < -0.4 is 10.1 Å². The summed E-state index contributed by atoms with van der Waals surface area (Å²) < 4.78 is 5.91.